The molecule has 0 amide bonds. The molecule has 2 atom stereocenters. The zero-order chi connectivity index (χ0) is 20.8. The number of thioether (sulfide) groups is 1. The van der Waals surface area contributed by atoms with Crippen LogP contribution in [0.5, 0.6) is 0 Å². The summed E-state index contributed by atoms with van der Waals surface area (Å²) in [5.74, 6) is 0.538. The van der Waals surface area contributed by atoms with Crippen molar-refractivity contribution in [2.45, 2.75) is 29.2 Å². The van der Waals surface area contributed by atoms with Crippen molar-refractivity contribution < 1.29 is 14.9 Å². The molecule has 0 bridgehead atoms. The minimum Gasteiger partial charge on any atom is -0.394 e. The number of imidazole rings is 1. The number of aromatic nitrogens is 2. The molecule has 1 saturated heterocycles. The van der Waals surface area contributed by atoms with Gasteiger partial charge in [0.2, 0.25) is 0 Å². The summed E-state index contributed by atoms with van der Waals surface area (Å²) in [6.07, 6.45) is 8.42. The molecule has 3 aromatic rings. The van der Waals surface area contributed by atoms with Crippen LogP contribution in [-0.2, 0) is 11.3 Å². The number of aliphatic hydroxyl groups is 2. The highest BCUT2D eigenvalue weighted by Crippen LogP contribution is 2.30. The molecule has 0 spiro atoms. The molecule has 0 aliphatic carbocycles. The SMILES string of the molecule is OCc1nccn1C(/C=C/c1ccc(-c2ccc(S[C@H]3CCOC3)cc2)cc1)CO. The van der Waals surface area contributed by atoms with Crippen LogP contribution in [0.25, 0.3) is 17.2 Å². The van der Waals surface area contributed by atoms with E-state index in [0.29, 0.717) is 11.1 Å². The number of rotatable bonds is 8. The normalized spacial score (nSPS) is 17.6. The van der Waals surface area contributed by atoms with Gasteiger partial charge in [0.05, 0.1) is 19.3 Å². The van der Waals surface area contributed by atoms with Crippen LogP contribution in [0, 0.1) is 0 Å². The van der Waals surface area contributed by atoms with Crippen molar-refractivity contribution >= 4 is 17.8 Å². The quantitative estimate of drug-likeness (QED) is 0.570. The van der Waals surface area contributed by atoms with Crippen molar-refractivity contribution in [2.24, 2.45) is 0 Å². The predicted molar refractivity (Wildman–Crippen MR) is 120 cm³/mol. The van der Waals surface area contributed by atoms with E-state index in [2.05, 4.69) is 53.5 Å². The van der Waals surface area contributed by atoms with E-state index < -0.39 is 0 Å². The number of ether oxygens (including phenoxy) is 1. The molecule has 2 N–H and O–H groups in total. The van der Waals surface area contributed by atoms with E-state index in [1.807, 2.05) is 23.9 Å². The van der Waals surface area contributed by atoms with Crippen LogP contribution in [0.15, 0.2) is 71.9 Å². The molecule has 5 nitrogen and oxygen atoms in total. The largest absolute Gasteiger partial charge is 0.394 e. The van der Waals surface area contributed by atoms with E-state index >= 15 is 0 Å². The average Bonchev–Trinajstić information content (AvgIpc) is 3.47. The van der Waals surface area contributed by atoms with Gasteiger partial charge in [0.25, 0.3) is 0 Å². The Labute approximate surface area is 181 Å². The van der Waals surface area contributed by atoms with Gasteiger partial charge in [-0.2, -0.15) is 0 Å². The zero-order valence-electron chi connectivity index (χ0n) is 16.7. The molecule has 4 rings (SSSR count). The summed E-state index contributed by atoms with van der Waals surface area (Å²) in [6, 6.07) is 16.8. The summed E-state index contributed by atoms with van der Waals surface area (Å²) >= 11 is 1.89. The predicted octanol–water partition coefficient (Wildman–Crippen LogP) is 4.17. The first-order valence-electron chi connectivity index (χ1n) is 10.1. The Morgan fingerprint density at radius 2 is 1.83 bits per heavy atom. The highest BCUT2D eigenvalue weighted by Gasteiger charge is 2.16. The number of aliphatic hydroxyl groups excluding tert-OH is 2. The Kier molecular flexibility index (Phi) is 7.02. The first-order chi connectivity index (χ1) is 14.8. The van der Waals surface area contributed by atoms with Crippen molar-refractivity contribution in [2.75, 3.05) is 19.8 Å². The lowest BCUT2D eigenvalue weighted by Crippen LogP contribution is -2.13. The van der Waals surface area contributed by atoms with Crippen LogP contribution in [0.1, 0.15) is 23.9 Å². The molecular formula is C24H26N2O3S. The lowest BCUT2D eigenvalue weighted by atomic mass is 10.0. The second-order valence-electron chi connectivity index (χ2n) is 7.27. The molecule has 6 heteroatoms. The summed E-state index contributed by atoms with van der Waals surface area (Å²) in [5, 5.41) is 19.6. The van der Waals surface area contributed by atoms with E-state index in [9.17, 15) is 10.2 Å². The van der Waals surface area contributed by atoms with Crippen molar-refractivity contribution in [1.29, 1.82) is 0 Å². The topological polar surface area (TPSA) is 67.5 Å². The third-order valence-electron chi connectivity index (χ3n) is 5.23. The minimum atomic E-state index is -0.260. The van der Waals surface area contributed by atoms with Crippen LogP contribution < -0.4 is 0 Å². The van der Waals surface area contributed by atoms with Gasteiger partial charge < -0.3 is 19.5 Å². The maximum Gasteiger partial charge on any atom is 0.135 e. The van der Waals surface area contributed by atoms with Crippen molar-refractivity contribution in [3.8, 4) is 11.1 Å². The fraction of sp³-hybridized carbons (Fsp3) is 0.292. The van der Waals surface area contributed by atoms with Gasteiger partial charge in [-0.1, -0.05) is 48.6 Å². The maximum atomic E-state index is 9.71. The molecule has 1 aliphatic heterocycles. The highest BCUT2D eigenvalue weighted by molar-refractivity contribution is 8.00. The van der Waals surface area contributed by atoms with Crippen molar-refractivity contribution in [3.63, 3.8) is 0 Å². The minimum absolute atomic E-state index is 0.0602. The first kappa shape index (κ1) is 20.9. The second-order valence-corrected chi connectivity index (χ2v) is 8.64. The van der Waals surface area contributed by atoms with Gasteiger partial charge >= 0.3 is 0 Å². The van der Waals surface area contributed by atoms with E-state index in [1.165, 1.54) is 16.0 Å². The summed E-state index contributed by atoms with van der Waals surface area (Å²) < 4.78 is 7.23. The van der Waals surface area contributed by atoms with Crippen molar-refractivity contribution in [3.05, 3.63) is 78.4 Å². The van der Waals surface area contributed by atoms with Crippen LogP contribution in [-0.4, -0.2) is 44.8 Å². The van der Waals surface area contributed by atoms with E-state index in [4.69, 9.17) is 4.74 Å². The van der Waals surface area contributed by atoms with Crippen molar-refractivity contribution in [1.82, 2.24) is 9.55 Å². The second kappa shape index (κ2) is 10.1. The smallest absolute Gasteiger partial charge is 0.135 e. The Hall–Kier alpha value is -2.38. The van der Waals surface area contributed by atoms with Gasteiger partial charge in [0.1, 0.15) is 12.4 Å². The molecule has 1 aliphatic rings. The molecular weight excluding hydrogens is 396 g/mol. The van der Waals surface area contributed by atoms with Gasteiger partial charge in [-0.15, -0.1) is 11.8 Å². The molecule has 1 fully saturated rings. The molecule has 2 aromatic carbocycles. The molecule has 2 heterocycles. The van der Waals surface area contributed by atoms with Crippen LogP contribution in [0.4, 0.5) is 0 Å². The first-order valence-corrected chi connectivity index (χ1v) is 11.0. The van der Waals surface area contributed by atoms with E-state index in [-0.39, 0.29) is 19.3 Å². The van der Waals surface area contributed by atoms with Gasteiger partial charge in [0, 0.05) is 29.1 Å². The summed E-state index contributed by atoms with van der Waals surface area (Å²) in [4.78, 5) is 5.38. The van der Waals surface area contributed by atoms with E-state index in [0.717, 1.165) is 25.2 Å². The standard InChI is InChI=1S/C24H26N2O3S/c27-15-21(26-13-12-25-24(26)16-28)8-3-18-1-4-19(5-2-18)20-6-9-22(10-7-20)30-23-11-14-29-17-23/h1-10,12-13,21,23,27-28H,11,14-17H2/b8-3+/t21?,23-/m0/s1. The molecule has 0 radical (unpaired) electrons. The Morgan fingerprint density at radius 3 is 2.47 bits per heavy atom. The fourth-order valence-corrected chi connectivity index (χ4v) is 4.60. The van der Waals surface area contributed by atoms with Gasteiger partial charge in [-0.25, -0.2) is 4.98 Å². The number of hydrogen-bond donors (Lipinski definition) is 2. The lowest BCUT2D eigenvalue weighted by molar-refractivity contribution is 0.199. The Balaban J connectivity index is 1.41. The summed E-state index contributed by atoms with van der Waals surface area (Å²) in [6.45, 7) is 1.51. The highest BCUT2D eigenvalue weighted by atomic mass is 32.2. The lowest BCUT2D eigenvalue weighted by Gasteiger charge is -2.14. The summed E-state index contributed by atoms with van der Waals surface area (Å²) in [7, 11) is 0. The van der Waals surface area contributed by atoms with Crippen LogP contribution >= 0.6 is 11.8 Å². The number of benzene rings is 2. The molecule has 156 valence electrons. The molecule has 30 heavy (non-hydrogen) atoms. The monoisotopic (exact) mass is 422 g/mol. The van der Waals surface area contributed by atoms with Gasteiger partial charge in [-0.3, -0.25) is 0 Å². The maximum absolute atomic E-state index is 9.71. The number of hydrogen-bond acceptors (Lipinski definition) is 5. The summed E-state index contributed by atoms with van der Waals surface area (Å²) in [5.41, 5.74) is 3.41. The molecule has 1 aromatic heterocycles. The third-order valence-corrected chi connectivity index (χ3v) is 6.48. The third kappa shape index (κ3) is 5.02. The average molecular weight is 423 g/mol. The Morgan fingerprint density at radius 1 is 1.10 bits per heavy atom. The molecule has 0 saturated carbocycles. The fourth-order valence-electron chi connectivity index (χ4n) is 3.54. The number of nitrogens with zero attached hydrogens (tertiary/aromatic N) is 2. The van der Waals surface area contributed by atoms with Gasteiger partial charge in [0.15, 0.2) is 0 Å². The van der Waals surface area contributed by atoms with Crippen LogP contribution in [0.3, 0.4) is 0 Å². The molecule has 1 unspecified atom stereocenters. The van der Waals surface area contributed by atoms with Crippen LogP contribution in [0.2, 0.25) is 0 Å². The Bertz CT molecular complexity index is 961. The van der Waals surface area contributed by atoms with Gasteiger partial charge in [-0.05, 0) is 35.2 Å². The van der Waals surface area contributed by atoms with E-state index in [1.54, 1.807) is 17.0 Å². The zero-order valence-corrected chi connectivity index (χ0v) is 17.5.